The first kappa shape index (κ1) is 22.7. The van der Waals surface area contributed by atoms with Gasteiger partial charge in [-0.25, -0.2) is 0 Å². The molecule has 1 aromatic heterocycles. The predicted molar refractivity (Wildman–Crippen MR) is 131 cm³/mol. The number of thioether (sulfide) groups is 1. The Morgan fingerprint density at radius 2 is 1.76 bits per heavy atom. The van der Waals surface area contributed by atoms with Crippen molar-refractivity contribution in [3.63, 3.8) is 0 Å². The Morgan fingerprint density at radius 1 is 1.03 bits per heavy atom. The quantitative estimate of drug-likeness (QED) is 0.339. The van der Waals surface area contributed by atoms with Gasteiger partial charge < -0.3 is 19.4 Å². The Hall–Kier alpha value is -3.52. The molecule has 0 fully saturated rings. The van der Waals surface area contributed by atoms with Crippen LogP contribution in [0.2, 0.25) is 0 Å². The van der Waals surface area contributed by atoms with Crippen LogP contribution in [-0.4, -0.2) is 33.5 Å². The Morgan fingerprint density at radius 3 is 2.52 bits per heavy atom. The number of hydrogen-bond acceptors (Lipinski definition) is 6. The summed E-state index contributed by atoms with van der Waals surface area (Å²) in [6.45, 7) is 4.63. The van der Waals surface area contributed by atoms with Crippen LogP contribution in [0.1, 0.15) is 25.8 Å². The second-order valence-corrected chi connectivity index (χ2v) is 8.33. The van der Waals surface area contributed by atoms with Gasteiger partial charge in [0.1, 0.15) is 11.5 Å². The summed E-state index contributed by atoms with van der Waals surface area (Å²) in [7, 11) is 1.63. The summed E-state index contributed by atoms with van der Waals surface area (Å²) in [6.07, 6.45) is -0.301. The molecular formula is C25H26N4O3S. The number of anilines is 1. The fourth-order valence-corrected chi connectivity index (χ4v) is 4.38. The topological polar surface area (TPSA) is 78.3 Å². The van der Waals surface area contributed by atoms with E-state index in [0.29, 0.717) is 17.5 Å². The van der Waals surface area contributed by atoms with Crippen LogP contribution in [0.5, 0.6) is 11.5 Å². The Balaban J connectivity index is 1.40. The number of hydrogen-bond donors (Lipinski definition) is 1. The van der Waals surface area contributed by atoms with E-state index in [2.05, 4.69) is 15.5 Å². The lowest BCUT2D eigenvalue weighted by Crippen LogP contribution is -2.15. The van der Waals surface area contributed by atoms with Crippen molar-refractivity contribution in [2.45, 2.75) is 31.7 Å². The third-order valence-corrected chi connectivity index (χ3v) is 6.16. The largest absolute Gasteiger partial charge is 0.497 e. The van der Waals surface area contributed by atoms with Crippen LogP contribution in [0, 0.1) is 0 Å². The highest BCUT2D eigenvalue weighted by atomic mass is 32.2. The van der Waals surface area contributed by atoms with E-state index in [1.807, 2.05) is 85.1 Å². The monoisotopic (exact) mass is 462 g/mol. The number of methoxy groups -OCH3 is 1. The van der Waals surface area contributed by atoms with E-state index in [9.17, 15) is 4.79 Å². The normalized spacial score (nSPS) is 11.8. The summed E-state index contributed by atoms with van der Waals surface area (Å²) >= 11 is 1.36. The first-order valence-corrected chi connectivity index (χ1v) is 11.7. The molecule has 7 nitrogen and oxygen atoms in total. The number of amides is 1. The van der Waals surface area contributed by atoms with E-state index < -0.39 is 0 Å². The van der Waals surface area contributed by atoms with Crippen LogP contribution in [-0.2, 0) is 11.3 Å². The van der Waals surface area contributed by atoms with Gasteiger partial charge in [0.2, 0.25) is 5.91 Å². The molecule has 1 amide bonds. The molecule has 0 aliphatic rings. The van der Waals surface area contributed by atoms with Gasteiger partial charge >= 0.3 is 0 Å². The highest BCUT2D eigenvalue weighted by Gasteiger charge is 2.19. The molecule has 4 aromatic rings. The lowest BCUT2D eigenvalue weighted by Gasteiger charge is -2.16. The van der Waals surface area contributed by atoms with Crippen molar-refractivity contribution in [2.75, 3.05) is 18.2 Å². The van der Waals surface area contributed by atoms with Crippen LogP contribution in [0.25, 0.3) is 10.8 Å². The predicted octanol–water partition coefficient (Wildman–Crippen LogP) is 5.33. The first-order chi connectivity index (χ1) is 16.1. The van der Waals surface area contributed by atoms with Crippen molar-refractivity contribution in [3.05, 3.63) is 72.6 Å². The number of rotatable bonds is 9. The molecule has 1 unspecified atom stereocenters. The van der Waals surface area contributed by atoms with E-state index in [0.717, 1.165) is 28.0 Å². The van der Waals surface area contributed by atoms with Gasteiger partial charge in [-0.1, -0.05) is 48.2 Å². The zero-order valence-electron chi connectivity index (χ0n) is 18.8. The fourth-order valence-electron chi connectivity index (χ4n) is 3.57. The lowest BCUT2D eigenvalue weighted by atomic mass is 10.1. The highest BCUT2D eigenvalue weighted by Crippen LogP contribution is 2.27. The van der Waals surface area contributed by atoms with Gasteiger partial charge in [-0.2, -0.15) is 0 Å². The van der Waals surface area contributed by atoms with E-state index >= 15 is 0 Å². The maximum absolute atomic E-state index is 12.6. The molecule has 0 aliphatic heterocycles. The molecule has 0 saturated carbocycles. The van der Waals surface area contributed by atoms with Gasteiger partial charge in [-0.15, -0.1) is 10.2 Å². The molecular weight excluding hydrogens is 436 g/mol. The maximum Gasteiger partial charge on any atom is 0.234 e. The van der Waals surface area contributed by atoms with Gasteiger partial charge in [0.15, 0.2) is 17.1 Å². The van der Waals surface area contributed by atoms with Crippen molar-refractivity contribution in [3.8, 4) is 11.5 Å². The maximum atomic E-state index is 12.6. The second-order valence-electron chi connectivity index (χ2n) is 7.38. The Labute approximate surface area is 197 Å². The van der Waals surface area contributed by atoms with Gasteiger partial charge in [-0.05, 0) is 49.6 Å². The fraction of sp³-hybridized carbons (Fsp3) is 0.240. The number of benzene rings is 3. The molecule has 0 bridgehead atoms. The summed E-state index contributed by atoms with van der Waals surface area (Å²) < 4.78 is 13.2. The molecule has 1 N–H and O–H groups in total. The molecule has 0 spiro atoms. The van der Waals surface area contributed by atoms with Crippen LogP contribution in [0.3, 0.4) is 0 Å². The zero-order chi connectivity index (χ0) is 23.2. The standard InChI is InChI=1S/C25H26N4O3S/c1-4-29-24(17(2)32-20-14-12-19(31-3)13-15-20)27-28-25(29)33-16-23(30)26-22-11-7-9-18-8-5-6-10-21(18)22/h5-15,17H,4,16H2,1-3H3,(H,26,30). The number of nitrogens with zero attached hydrogens (tertiary/aromatic N) is 3. The number of fused-ring (bicyclic) bond motifs is 1. The van der Waals surface area contributed by atoms with E-state index in [1.165, 1.54) is 11.8 Å². The average molecular weight is 463 g/mol. The Kier molecular flexibility index (Phi) is 7.14. The molecule has 170 valence electrons. The SMILES string of the molecule is CCn1c(SCC(=O)Nc2cccc3ccccc23)nnc1C(C)Oc1ccc(OC)cc1. The second kappa shape index (κ2) is 10.4. The van der Waals surface area contributed by atoms with Crippen molar-refractivity contribution in [2.24, 2.45) is 0 Å². The smallest absolute Gasteiger partial charge is 0.234 e. The van der Waals surface area contributed by atoms with Gasteiger partial charge in [-0.3, -0.25) is 4.79 Å². The molecule has 33 heavy (non-hydrogen) atoms. The zero-order valence-corrected chi connectivity index (χ0v) is 19.6. The number of aromatic nitrogens is 3. The molecule has 1 atom stereocenters. The van der Waals surface area contributed by atoms with E-state index in [4.69, 9.17) is 9.47 Å². The van der Waals surface area contributed by atoms with Crippen molar-refractivity contribution >= 4 is 34.1 Å². The number of carbonyl (C=O) groups is 1. The van der Waals surface area contributed by atoms with Crippen LogP contribution >= 0.6 is 11.8 Å². The lowest BCUT2D eigenvalue weighted by molar-refractivity contribution is -0.113. The third kappa shape index (κ3) is 5.28. The number of carbonyl (C=O) groups excluding carboxylic acids is 1. The summed E-state index contributed by atoms with van der Waals surface area (Å²) in [5.41, 5.74) is 0.804. The first-order valence-electron chi connectivity index (χ1n) is 10.7. The molecule has 8 heteroatoms. The number of ether oxygens (including phenoxy) is 2. The molecule has 4 rings (SSSR count). The van der Waals surface area contributed by atoms with Crippen molar-refractivity contribution in [1.82, 2.24) is 14.8 Å². The molecule has 0 aliphatic carbocycles. The summed E-state index contributed by atoms with van der Waals surface area (Å²) in [5.74, 6) is 2.34. The van der Waals surface area contributed by atoms with Crippen LogP contribution in [0.4, 0.5) is 5.69 Å². The third-order valence-electron chi connectivity index (χ3n) is 5.19. The van der Waals surface area contributed by atoms with Crippen LogP contribution < -0.4 is 14.8 Å². The van der Waals surface area contributed by atoms with E-state index in [1.54, 1.807) is 7.11 Å². The van der Waals surface area contributed by atoms with Gasteiger partial charge in [0, 0.05) is 17.6 Å². The number of nitrogens with one attached hydrogen (secondary N) is 1. The minimum absolute atomic E-state index is 0.0916. The van der Waals surface area contributed by atoms with Gasteiger partial charge in [0.05, 0.1) is 12.9 Å². The summed E-state index contributed by atoms with van der Waals surface area (Å²) in [6, 6.07) is 21.3. The summed E-state index contributed by atoms with van der Waals surface area (Å²) in [5, 5.41) is 14.4. The summed E-state index contributed by atoms with van der Waals surface area (Å²) in [4.78, 5) is 12.6. The molecule has 0 saturated heterocycles. The van der Waals surface area contributed by atoms with Gasteiger partial charge in [0.25, 0.3) is 0 Å². The highest BCUT2D eigenvalue weighted by molar-refractivity contribution is 7.99. The average Bonchev–Trinajstić information content (AvgIpc) is 3.26. The molecule has 3 aromatic carbocycles. The molecule has 0 radical (unpaired) electrons. The Bertz CT molecular complexity index is 1230. The molecule has 1 heterocycles. The van der Waals surface area contributed by atoms with Crippen LogP contribution in [0.15, 0.2) is 71.9 Å². The minimum Gasteiger partial charge on any atom is -0.497 e. The minimum atomic E-state index is -0.301. The van der Waals surface area contributed by atoms with Crippen molar-refractivity contribution in [1.29, 1.82) is 0 Å². The van der Waals surface area contributed by atoms with Crippen molar-refractivity contribution < 1.29 is 14.3 Å². The van der Waals surface area contributed by atoms with E-state index in [-0.39, 0.29) is 17.8 Å².